The molecule has 0 saturated heterocycles. The third kappa shape index (κ3) is 4.27. The van der Waals surface area contributed by atoms with Crippen LogP contribution in [-0.2, 0) is 25.1 Å². The Bertz CT molecular complexity index is 549. The zero-order valence-electron chi connectivity index (χ0n) is 10.5. The third-order valence-electron chi connectivity index (χ3n) is 2.53. The van der Waals surface area contributed by atoms with E-state index in [0.29, 0.717) is 0 Å². The maximum atomic E-state index is 13.3. The van der Waals surface area contributed by atoms with E-state index in [0.717, 1.165) is 25.3 Å². The Balaban J connectivity index is 2.89. The number of rotatable bonds is 5. The SMILES string of the molecule is COC(=O)C(C)CS(=O)(=O)Cc1c(F)cccc1F. The fourth-order valence-corrected chi connectivity index (χ4v) is 3.33. The van der Waals surface area contributed by atoms with Gasteiger partial charge in [-0.05, 0) is 12.1 Å². The summed E-state index contributed by atoms with van der Waals surface area (Å²) in [6, 6.07) is 3.12. The van der Waals surface area contributed by atoms with E-state index in [1.54, 1.807) is 0 Å². The van der Waals surface area contributed by atoms with Crippen molar-refractivity contribution in [1.82, 2.24) is 0 Å². The fourth-order valence-electron chi connectivity index (χ4n) is 1.60. The molecule has 7 heteroatoms. The Morgan fingerprint density at radius 3 is 2.32 bits per heavy atom. The van der Waals surface area contributed by atoms with Crippen LogP contribution in [0.2, 0.25) is 0 Å². The minimum Gasteiger partial charge on any atom is -0.469 e. The van der Waals surface area contributed by atoms with Gasteiger partial charge in [0.25, 0.3) is 0 Å². The molecule has 0 aliphatic heterocycles. The first-order valence-electron chi connectivity index (χ1n) is 5.48. The van der Waals surface area contributed by atoms with Crippen LogP contribution in [0.4, 0.5) is 8.78 Å². The lowest BCUT2D eigenvalue weighted by Crippen LogP contribution is -2.24. The van der Waals surface area contributed by atoms with E-state index < -0.39 is 50.4 Å². The van der Waals surface area contributed by atoms with E-state index in [9.17, 15) is 22.0 Å². The van der Waals surface area contributed by atoms with Crippen LogP contribution in [0.15, 0.2) is 18.2 Å². The van der Waals surface area contributed by atoms with Gasteiger partial charge in [-0.25, -0.2) is 17.2 Å². The van der Waals surface area contributed by atoms with E-state index in [2.05, 4.69) is 4.74 Å². The first-order valence-corrected chi connectivity index (χ1v) is 7.30. The molecule has 1 rings (SSSR count). The summed E-state index contributed by atoms with van der Waals surface area (Å²) in [5.74, 6) is -4.72. The number of esters is 1. The molecule has 1 unspecified atom stereocenters. The van der Waals surface area contributed by atoms with E-state index >= 15 is 0 Å². The quantitative estimate of drug-likeness (QED) is 0.775. The number of benzene rings is 1. The molecule has 0 fully saturated rings. The normalized spacial score (nSPS) is 13.1. The van der Waals surface area contributed by atoms with Crippen molar-refractivity contribution in [2.75, 3.05) is 12.9 Å². The van der Waals surface area contributed by atoms with Gasteiger partial charge >= 0.3 is 5.97 Å². The van der Waals surface area contributed by atoms with Crippen LogP contribution in [0, 0.1) is 17.6 Å². The molecule has 0 saturated carbocycles. The van der Waals surface area contributed by atoms with Crippen LogP contribution in [0.3, 0.4) is 0 Å². The second-order valence-electron chi connectivity index (χ2n) is 4.18. The average Bonchev–Trinajstić information content (AvgIpc) is 2.32. The summed E-state index contributed by atoms with van der Waals surface area (Å²) in [4.78, 5) is 11.1. The molecule has 4 nitrogen and oxygen atoms in total. The van der Waals surface area contributed by atoms with Crippen LogP contribution < -0.4 is 0 Å². The Morgan fingerprint density at radius 2 is 1.84 bits per heavy atom. The predicted octanol–water partition coefficient (Wildman–Crippen LogP) is 1.69. The van der Waals surface area contributed by atoms with Gasteiger partial charge < -0.3 is 4.74 Å². The molecule has 19 heavy (non-hydrogen) atoms. The first-order chi connectivity index (χ1) is 8.76. The van der Waals surface area contributed by atoms with Crippen molar-refractivity contribution in [1.29, 1.82) is 0 Å². The highest BCUT2D eigenvalue weighted by molar-refractivity contribution is 7.90. The first kappa shape index (κ1) is 15.6. The fraction of sp³-hybridized carbons (Fsp3) is 0.417. The number of carbonyl (C=O) groups is 1. The van der Waals surface area contributed by atoms with Gasteiger partial charge in [-0.1, -0.05) is 13.0 Å². The van der Waals surface area contributed by atoms with Crippen molar-refractivity contribution >= 4 is 15.8 Å². The lowest BCUT2D eigenvalue weighted by atomic mass is 10.2. The molecule has 0 amide bonds. The second-order valence-corrected chi connectivity index (χ2v) is 6.29. The number of halogens is 2. The molecule has 0 bridgehead atoms. The highest BCUT2D eigenvalue weighted by Gasteiger charge is 2.24. The van der Waals surface area contributed by atoms with Gasteiger partial charge in [-0.3, -0.25) is 4.79 Å². The number of methoxy groups -OCH3 is 1. The van der Waals surface area contributed by atoms with E-state index in [4.69, 9.17) is 0 Å². The summed E-state index contributed by atoms with van der Waals surface area (Å²) in [5, 5.41) is 0. The highest BCUT2D eigenvalue weighted by Crippen LogP contribution is 2.17. The second kappa shape index (κ2) is 6.10. The van der Waals surface area contributed by atoms with Crippen molar-refractivity contribution in [3.05, 3.63) is 35.4 Å². The third-order valence-corrected chi connectivity index (χ3v) is 4.27. The Morgan fingerprint density at radius 1 is 1.32 bits per heavy atom. The number of sulfone groups is 1. The van der Waals surface area contributed by atoms with Gasteiger partial charge in [0.15, 0.2) is 9.84 Å². The summed E-state index contributed by atoms with van der Waals surface area (Å²) in [5.41, 5.74) is -0.514. The number of carbonyl (C=O) groups excluding carboxylic acids is 1. The van der Waals surface area contributed by atoms with Crippen molar-refractivity contribution in [2.45, 2.75) is 12.7 Å². The molecule has 0 aliphatic carbocycles. The Labute approximate surface area is 110 Å². The molecule has 1 atom stereocenters. The van der Waals surface area contributed by atoms with Gasteiger partial charge in [0, 0.05) is 5.56 Å². The molecule has 106 valence electrons. The summed E-state index contributed by atoms with van der Waals surface area (Å²) in [6.45, 7) is 1.38. The van der Waals surface area contributed by atoms with Gasteiger partial charge in [-0.15, -0.1) is 0 Å². The molecule has 1 aromatic rings. The maximum absolute atomic E-state index is 13.3. The van der Waals surface area contributed by atoms with Gasteiger partial charge in [0.2, 0.25) is 0 Å². The van der Waals surface area contributed by atoms with Gasteiger partial charge in [0.05, 0.1) is 24.5 Å². The molecule has 0 spiro atoms. The molecule has 0 aliphatic rings. The van der Waals surface area contributed by atoms with Crippen molar-refractivity contribution in [3.63, 3.8) is 0 Å². The van der Waals surface area contributed by atoms with E-state index in [-0.39, 0.29) is 0 Å². The predicted molar refractivity (Wildman–Crippen MR) is 65.0 cm³/mol. The van der Waals surface area contributed by atoms with Crippen LogP contribution in [0.5, 0.6) is 0 Å². The summed E-state index contributed by atoms with van der Waals surface area (Å²) in [7, 11) is -2.67. The minimum absolute atomic E-state index is 0.514. The molecule has 0 aromatic heterocycles. The lowest BCUT2D eigenvalue weighted by Gasteiger charge is -2.10. The average molecular weight is 292 g/mol. The molecule has 0 radical (unpaired) electrons. The number of ether oxygens (including phenoxy) is 1. The van der Waals surface area contributed by atoms with Crippen molar-refractivity contribution < 1.29 is 26.7 Å². The summed E-state index contributed by atoms with van der Waals surface area (Å²) < 4.78 is 54.7. The Kier molecular flexibility index (Phi) is 4.99. The van der Waals surface area contributed by atoms with Crippen LogP contribution >= 0.6 is 0 Å². The zero-order chi connectivity index (χ0) is 14.6. The standard InChI is InChI=1S/C12H14F2O4S/c1-8(12(15)18-2)6-19(16,17)7-9-10(13)4-3-5-11(9)14/h3-5,8H,6-7H2,1-2H3. The molecule has 0 N–H and O–H groups in total. The zero-order valence-corrected chi connectivity index (χ0v) is 11.3. The van der Waals surface area contributed by atoms with Gasteiger partial charge in [-0.2, -0.15) is 0 Å². The van der Waals surface area contributed by atoms with Gasteiger partial charge in [0.1, 0.15) is 11.6 Å². The summed E-state index contributed by atoms with van der Waals surface area (Å²) in [6.07, 6.45) is 0. The summed E-state index contributed by atoms with van der Waals surface area (Å²) >= 11 is 0. The monoisotopic (exact) mass is 292 g/mol. The van der Waals surface area contributed by atoms with Crippen molar-refractivity contribution in [2.24, 2.45) is 5.92 Å². The lowest BCUT2D eigenvalue weighted by molar-refractivity contribution is -0.144. The van der Waals surface area contributed by atoms with Crippen LogP contribution in [0.25, 0.3) is 0 Å². The number of hydrogen-bond acceptors (Lipinski definition) is 4. The molecule has 0 heterocycles. The van der Waals surface area contributed by atoms with E-state index in [1.807, 2.05) is 0 Å². The molecular formula is C12H14F2O4S. The largest absolute Gasteiger partial charge is 0.469 e. The molecule has 1 aromatic carbocycles. The number of hydrogen-bond donors (Lipinski definition) is 0. The minimum atomic E-state index is -3.81. The van der Waals surface area contributed by atoms with Crippen molar-refractivity contribution in [3.8, 4) is 0 Å². The smallest absolute Gasteiger partial charge is 0.309 e. The van der Waals surface area contributed by atoms with E-state index in [1.165, 1.54) is 6.92 Å². The van der Waals surface area contributed by atoms with Crippen LogP contribution in [-0.4, -0.2) is 27.2 Å². The Hall–Kier alpha value is -1.50. The van der Waals surface area contributed by atoms with Crippen LogP contribution in [0.1, 0.15) is 12.5 Å². The maximum Gasteiger partial charge on any atom is 0.309 e. The molecular weight excluding hydrogens is 278 g/mol. The topological polar surface area (TPSA) is 60.4 Å². The highest BCUT2D eigenvalue weighted by atomic mass is 32.2.